The minimum Gasteiger partial charge on any atom is -0.463 e. The molecule has 0 aromatic rings. The van der Waals surface area contributed by atoms with Crippen LogP contribution in [0, 0.1) is 0 Å². The summed E-state index contributed by atoms with van der Waals surface area (Å²) in [5.74, 6) is -0.654. The van der Waals surface area contributed by atoms with Gasteiger partial charge in [0.15, 0.2) is 0 Å². The van der Waals surface area contributed by atoms with Gasteiger partial charge >= 0.3 is 11.9 Å². The average Bonchev–Trinajstić information content (AvgIpc) is 3.08. The van der Waals surface area contributed by atoms with Gasteiger partial charge in [0.25, 0.3) is 0 Å². The number of ether oxygens (including phenoxy) is 2. The number of aliphatic hydroxyl groups is 2. The maximum Gasteiger partial charge on any atom is 0.305 e. The van der Waals surface area contributed by atoms with Crippen LogP contribution in [0.4, 0.5) is 0 Å². The van der Waals surface area contributed by atoms with Gasteiger partial charge in [0.2, 0.25) is 0 Å². The van der Waals surface area contributed by atoms with Gasteiger partial charge in [-0.25, -0.2) is 0 Å². The van der Waals surface area contributed by atoms with Gasteiger partial charge in [-0.05, 0) is 44.9 Å². The van der Waals surface area contributed by atoms with Crippen molar-refractivity contribution >= 4 is 11.9 Å². The van der Waals surface area contributed by atoms with Gasteiger partial charge in [-0.1, -0.05) is 171 Å². The molecule has 276 valence electrons. The first-order valence-corrected chi connectivity index (χ1v) is 19.4. The van der Waals surface area contributed by atoms with E-state index in [1.165, 1.54) is 83.5 Å². The Kier molecular flexibility index (Phi) is 35.5. The standard InChI is InChI=1S/C42H72O6/c1-3-5-7-8-9-10-11-12-13-14-15-19-22-25-28-31-35-41(45)47-37-40(44)38-48-42(46)36-32-29-26-23-20-17-16-18-21-24-27-30-34-39(43)33-6-4-2/h6,16-17,21,23-24,26-27,30,33,39-40,43-44H,3-5,7-15,18-20,22,25,28-29,31-32,34-38H2,1-2H3/b17-16-,24-21-,26-23-,30-27+,33-6-/t39?,40-/m1/s1. The molecule has 2 atom stereocenters. The molecule has 0 aromatic heterocycles. The molecule has 0 saturated heterocycles. The topological polar surface area (TPSA) is 93.1 Å². The summed E-state index contributed by atoms with van der Waals surface area (Å²) in [6.45, 7) is 4.01. The molecule has 0 heterocycles. The Balaban J connectivity index is 3.57. The van der Waals surface area contributed by atoms with Gasteiger partial charge in [0, 0.05) is 12.8 Å². The number of esters is 2. The molecule has 1 unspecified atom stereocenters. The highest BCUT2D eigenvalue weighted by molar-refractivity contribution is 5.69. The molecule has 0 rings (SSSR count). The zero-order valence-corrected chi connectivity index (χ0v) is 30.8. The largest absolute Gasteiger partial charge is 0.463 e. The second kappa shape index (κ2) is 37.4. The Bertz CT molecular complexity index is 871. The average molecular weight is 673 g/mol. The van der Waals surface area contributed by atoms with Gasteiger partial charge in [-0.3, -0.25) is 9.59 Å². The first-order chi connectivity index (χ1) is 23.5. The molecule has 2 N–H and O–H groups in total. The van der Waals surface area contributed by atoms with Gasteiger partial charge in [-0.2, -0.15) is 0 Å². The van der Waals surface area contributed by atoms with Crippen molar-refractivity contribution in [1.82, 2.24) is 0 Å². The SMILES string of the molecule is CC/C=C\C(O)C/C=C/C=C\C/C=C\C/C=C\CCCC(=O)OC[C@H](O)COC(=O)CCCCCCCCCCCCCCCCCC. The van der Waals surface area contributed by atoms with Crippen LogP contribution in [0.15, 0.2) is 60.8 Å². The normalized spacial score (nSPS) is 13.5. The molecule has 0 aliphatic rings. The van der Waals surface area contributed by atoms with Crippen molar-refractivity contribution in [3.05, 3.63) is 60.8 Å². The van der Waals surface area contributed by atoms with Crippen LogP contribution in [-0.2, 0) is 19.1 Å². The molecule has 0 saturated carbocycles. The van der Waals surface area contributed by atoms with E-state index in [2.05, 4.69) is 37.3 Å². The highest BCUT2D eigenvalue weighted by Crippen LogP contribution is 2.14. The molecular formula is C42H72O6. The van der Waals surface area contributed by atoms with E-state index in [4.69, 9.17) is 9.47 Å². The number of hydrogen-bond acceptors (Lipinski definition) is 6. The van der Waals surface area contributed by atoms with Crippen LogP contribution in [0.2, 0.25) is 0 Å². The number of hydrogen-bond donors (Lipinski definition) is 2. The highest BCUT2D eigenvalue weighted by atomic mass is 16.6. The first kappa shape index (κ1) is 45.6. The minimum absolute atomic E-state index is 0.144. The lowest BCUT2D eigenvalue weighted by Crippen LogP contribution is -2.25. The van der Waals surface area contributed by atoms with Crippen LogP contribution in [0.5, 0.6) is 0 Å². The third-order valence-corrected chi connectivity index (χ3v) is 8.09. The Hall–Kier alpha value is -2.44. The molecule has 0 radical (unpaired) electrons. The van der Waals surface area contributed by atoms with Gasteiger partial charge < -0.3 is 19.7 Å². The van der Waals surface area contributed by atoms with Crippen LogP contribution < -0.4 is 0 Å². The Morgan fingerprint density at radius 3 is 1.54 bits per heavy atom. The van der Waals surface area contributed by atoms with E-state index in [1.807, 2.05) is 37.3 Å². The summed E-state index contributed by atoms with van der Waals surface area (Å²) in [5, 5.41) is 19.7. The van der Waals surface area contributed by atoms with E-state index in [1.54, 1.807) is 0 Å². The summed E-state index contributed by atoms with van der Waals surface area (Å²) in [4.78, 5) is 23.9. The minimum atomic E-state index is -0.998. The third kappa shape index (κ3) is 36.4. The molecule has 0 spiro atoms. The van der Waals surface area contributed by atoms with Gasteiger partial charge in [0.1, 0.15) is 19.3 Å². The Labute approximate surface area is 294 Å². The molecule has 0 aliphatic heterocycles. The van der Waals surface area contributed by atoms with Crippen LogP contribution in [-0.4, -0.2) is 47.6 Å². The predicted octanol–water partition coefficient (Wildman–Crippen LogP) is 11.0. The van der Waals surface area contributed by atoms with Crippen molar-refractivity contribution in [3.63, 3.8) is 0 Å². The first-order valence-electron chi connectivity index (χ1n) is 19.4. The maximum absolute atomic E-state index is 12.0. The van der Waals surface area contributed by atoms with E-state index in [9.17, 15) is 19.8 Å². The van der Waals surface area contributed by atoms with Crippen LogP contribution >= 0.6 is 0 Å². The number of carbonyl (C=O) groups is 2. The number of allylic oxidation sites excluding steroid dienone is 8. The second-order valence-corrected chi connectivity index (χ2v) is 12.9. The number of rotatable bonds is 34. The van der Waals surface area contributed by atoms with Crippen molar-refractivity contribution in [2.45, 2.75) is 180 Å². The fourth-order valence-corrected chi connectivity index (χ4v) is 5.14. The Morgan fingerprint density at radius 1 is 0.542 bits per heavy atom. The molecule has 0 aliphatic carbocycles. The second-order valence-electron chi connectivity index (χ2n) is 12.9. The van der Waals surface area contributed by atoms with Crippen molar-refractivity contribution in [2.24, 2.45) is 0 Å². The fraction of sp³-hybridized carbons (Fsp3) is 0.714. The summed E-state index contributed by atoms with van der Waals surface area (Å²) >= 11 is 0. The predicted molar refractivity (Wildman–Crippen MR) is 202 cm³/mol. The maximum atomic E-state index is 12.0. The van der Waals surface area contributed by atoms with Crippen molar-refractivity contribution < 1.29 is 29.3 Å². The lowest BCUT2D eigenvalue weighted by molar-refractivity contribution is -0.152. The van der Waals surface area contributed by atoms with E-state index in [-0.39, 0.29) is 31.6 Å². The summed E-state index contributed by atoms with van der Waals surface area (Å²) in [5.41, 5.74) is 0. The monoisotopic (exact) mass is 673 g/mol. The summed E-state index contributed by atoms with van der Waals surface area (Å²) < 4.78 is 10.3. The number of unbranched alkanes of at least 4 members (excludes halogenated alkanes) is 16. The molecular weight excluding hydrogens is 600 g/mol. The molecule has 0 amide bonds. The number of aliphatic hydroxyl groups excluding tert-OH is 2. The molecule has 6 heteroatoms. The Morgan fingerprint density at radius 2 is 1.00 bits per heavy atom. The van der Waals surface area contributed by atoms with Crippen molar-refractivity contribution in [3.8, 4) is 0 Å². The van der Waals surface area contributed by atoms with Crippen molar-refractivity contribution in [1.29, 1.82) is 0 Å². The van der Waals surface area contributed by atoms with E-state index in [0.29, 0.717) is 19.3 Å². The van der Waals surface area contributed by atoms with Crippen LogP contribution in [0.25, 0.3) is 0 Å². The van der Waals surface area contributed by atoms with Crippen LogP contribution in [0.3, 0.4) is 0 Å². The third-order valence-electron chi connectivity index (χ3n) is 8.09. The summed E-state index contributed by atoms with van der Waals surface area (Å²) in [6, 6.07) is 0. The van der Waals surface area contributed by atoms with Gasteiger partial charge in [-0.15, -0.1) is 0 Å². The number of carbonyl (C=O) groups excluding carboxylic acids is 2. The highest BCUT2D eigenvalue weighted by Gasteiger charge is 2.12. The fourth-order valence-electron chi connectivity index (χ4n) is 5.14. The molecule has 0 fully saturated rings. The lowest BCUT2D eigenvalue weighted by Gasteiger charge is -2.12. The lowest BCUT2D eigenvalue weighted by atomic mass is 10.0. The van der Waals surface area contributed by atoms with Crippen LogP contribution in [0.1, 0.15) is 168 Å². The molecule has 0 bridgehead atoms. The van der Waals surface area contributed by atoms with Crippen molar-refractivity contribution in [2.75, 3.05) is 13.2 Å². The quantitative estimate of drug-likeness (QED) is 0.0306. The van der Waals surface area contributed by atoms with E-state index >= 15 is 0 Å². The zero-order valence-electron chi connectivity index (χ0n) is 30.8. The van der Waals surface area contributed by atoms with E-state index in [0.717, 1.165) is 44.9 Å². The molecule has 0 aromatic carbocycles. The van der Waals surface area contributed by atoms with E-state index < -0.39 is 12.2 Å². The van der Waals surface area contributed by atoms with Gasteiger partial charge in [0.05, 0.1) is 6.10 Å². The smallest absolute Gasteiger partial charge is 0.305 e. The summed E-state index contributed by atoms with van der Waals surface area (Å²) in [6.07, 6.45) is 44.8. The zero-order chi connectivity index (χ0) is 35.2. The molecule has 48 heavy (non-hydrogen) atoms. The summed E-state index contributed by atoms with van der Waals surface area (Å²) in [7, 11) is 0. The molecule has 6 nitrogen and oxygen atoms in total.